The van der Waals surface area contributed by atoms with E-state index in [-0.39, 0.29) is 5.56 Å². The zero-order chi connectivity index (χ0) is 19.5. The molecule has 4 aromatic rings. The molecule has 0 spiro atoms. The summed E-state index contributed by atoms with van der Waals surface area (Å²) in [4.78, 5) is 26.8. The molecule has 8 heteroatoms. The van der Waals surface area contributed by atoms with Gasteiger partial charge in [0.2, 0.25) is 0 Å². The van der Waals surface area contributed by atoms with Crippen LogP contribution >= 0.6 is 11.8 Å². The number of fused-ring (bicyclic) bond motifs is 1. The first-order valence-electron chi connectivity index (χ1n) is 8.58. The molecule has 3 aromatic heterocycles. The number of rotatable bonds is 5. The average Bonchev–Trinajstić information content (AvgIpc) is 2.72. The SMILES string of the molecule is CSc1ccc(Nc2nc(Nc3cnccn3)cc3ccn(C)c(=O)c23)cc1. The summed E-state index contributed by atoms with van der Waals surface area (Å²) in [7, 11) is 1.73. The third-order valence-electron chi connectivity index (χ3n) is 4.23. The van der Waals surface area contributed by atoms with Crippen molar-refractivity contribution >= 4 is 45.7 Å². The van der Waals surface area contributed by atoms with Crippen molar-refractivity contribution in [3.05, 3.63) is 71.5 Å². The highest BCUT2D eigenvalue weighted by atomic mass is 32.2. The summed E-state index contributed by atoms with van der Waals surface area (Å²) in [5.74, 6) is 1.64. The molecule has 4 rings (SSSR count). The van der Waals surface area contributed by atoms with E-state index < -0.39 is 0 Å². The molecular weight excluding hydrogens is 372 g/mol. The number of pyridine rings is 2. The van der Waals surface area contributed by atoms with Crippen molar-refractivity contribution in [1.29, 1.82) is 0 Å². The fraction of sp³-hybridized carbons (Fsp3) is 0.100. The zero-order valence-corrected chi connectivity index (χ0v) is 16.2. The van der Waals surface area contributed by atoms with Crippen LogP contribution < -0.4 is 16.2 Å². The summed E-state index contributed by atoms with van der Waals surface area (Å²) < 4.78 is 1.54. The third kappa shape index (κ3) is 3.67. The second-order valence-electron chi connectivity index (χ2n) is 6.12. The molecule has 140 valence electrons. The summed E-state index contributed by atoms with van der Waals surface area (Å²) in [6.45, 7) is 0. The first kappa shape index (κ1) is 18.0. The highest BCUT2D eigenvalue weighted by molar-refractivity contribution is 7.98. The van der Waals surface area contributed by atoms with Crippen LogP contribution in [0.25, 0.3) is 10.8 Å². The van der Waals surface area contributed by atoms with Gasteiger partial charge in [-0.05, 0) is 48.0 Å². The van der Waals surface area contributed by atoms with Gasteiger partial charge in [-0.15, -0.1) is 11.8 Å². The lowest BCUT2D eigenvalue weighted by Crippen LogP contribution is -2.17. The fourth-order valence-electron chi connectivity index (χ4n) is 2.82. The van der Waals surface area contributed by atoms with Gasteiger partial charge in [0, 0.05) is 36.2 Å². The largest absolute Gasteiger partial charge is 0.339 e. The van der Waals surface area contributed by atoms with Gasteiger partial charge in [0.05, 0.1) is 11.6 Å². The van der Waals surface area contributed by atoms with Gasteiger partial charge in [-0.25, -0.2) is 9.97 Å². The summed E-state index contributed by atoms with van der Waals surface area (Å²) in [5, 5.41) is 7.74. The maximum atomic E-state index is 12.7. The summed E-state index contributed by atoms with van der Waals surface area (Å²) >= 11 is 1.67. The van der Waals surface area contributed by atoms with Crippen LogP contribution in [0.15, 0.2) is 70.9 Å². The van der Waals surface area contributed by atoms with Gasteiger partial charge in [0.1, 0.15) is 17.5 Å². The van der Waals surface area contributed by atoms with Gasteiger partial charge < -0.3 is 15.2 Å². The molecule has 0 aliphatic heterocycles. The van der Waals surface area contributed by atoms with Crippen LogP contribution in [0.4, 0.5) is 23.1 Å². The molecule has 0 fully saturated rings. The van der Waals surface area contributed by atoms with E-state index in [4.69, 9.17) is 0 Å². The Labute approximate surface area is 165 Å². The molecule has 0 radical (unpaired) electrons. The van der Waals surface area contributed by atoms with Gasteiger partial charge in [0.25, 0.3) is 5.56 Å². The minimum absolute atomic E-state index is 0.112. The molecule has 1 aromatic carbocycles. The van der Waals surface area contributed by atoms with Gasteiger partial charge in [-0.2, -0.15) is 0 Å². The van der Waals surface area contributed by atoms with Crippen LogP contribution in [0.1, 0.15) is 0 Å². The van der Waals surface area contributed by atoms with Crippen molar-refractivity contribution in [3.63, 3.8) is 0 Å². The van der Waals surface area contributed by atoms with Gasteiger partial charge in [0.15, 0.2) is 0 Å². The van der Waals surface area contributed by atoms with Gasteiger partial charge in [-0.3, -0.25) is 9.78 Å². The van der Waals surface area contributed by atoms with E-state index in [2.05, 4.69) is 25.6 Å². The van der Waals surface area contributed by atoms with E-state index in [1.807, 2.05) is 42.7 Å². The molecule has 0 saturated carbocycles. The van der Waals surface area contributed by atoms with Crippen molar-refractivity contribution in [2.45, 2.75) is 4.90 Å². The van der Waals surface area contributed by atoms with E-state index in [0.29, 0.717) is 22.8 Å². The third-order valence-corrected chi connectivity index (χ3v) is 4.98. The van der Waals surface area contributed by atoms with Crippen molar-refractivity contribution in [1.82, 2.24) is 19.5 Å². The lowest BCUT2D eigenvalue weighted by atomic mass is 10.2. The smallest absolute Gasteiger partial charge is 0.261 e. The number of aromatic nitrogens is 4. The normalized spacial score (nSPS) is 10.8. The van der Waals surface area contributed by atoms with E-state index in [9.17, 15) is 4.79 Å². The topological polar surface area (TPSA) is 84.7 Å². The van der Waals surface area contributed by atoms with Crippen molar-refractivity contribution in [3.8, 4) is 0 Å². The predicted octanol–water partition coefficient (Wildman–Crippen LogP) is 3.93. The van der Waals surface area contributed by atoms with E-state index in [1.54, 1.807) is 48.2 Å². The van der Waals surface area contributed by atoms with E-state index >= 15 is 0 Å². The quantitative estimate of drug-likeness (QED) is 0.499. The number of nitrogens with one attached hydrogen (secondary N) is 2. The van der Waals surface area contributed by atoms with Gasteiger partial charge >= 0.3 is 0 Å². The van der Waals surface area contributed by atoms with Gasteiger partial charge in [-0.1, -0.05) is 0 Å². The Bertz CT molecular complexity index is 1180. The van der Waals surface area contributed by atoms with Crippen LogP contribution in [0, 0.1) is 0 Å². The molecule has 0 atom stereocenters. The molecule has 0 unspecified atom stereocenters. The number of hydrogen-bond acceptors (Lipinski definition) is 7. The number of anilines is 4. The lowest BCUT2D eigenvalue weighted by Gasteiger charge is -2.13. The fourth-order valence-corrected chi connectivity index (χ4v) is 3.23. The molecular formula is C20H18N6OS. The Morgan fingerprint density at radius 1 is 1.04 bits per heavy atom. The molecule has 0 saturated heterocycles. The second-order valence-corrected chi connectivity index (χ2v) is 7.00. The molecule has 28 heavy (non-hydrogen) atoms. The summed E-state index contributed by atoms with van der Waals surface area (Å²) in [5.41, 5.74) is 0.744. The van der Waals surface area contributed by atoms with Crippen LogP contribution in [-0.4, -0.2) is 25.8 Å². The molecule has 0 amide bonds. The summed E-state index contributed by atoms with van der Waals surface area (Å²) in [6.07, 6.45) is 8.60. The molecule has 7 nitrogen and oxygen atoms in total. The number of aryl methyl sites for hydroxylation is 1. The zero-order valence-electron chi connectivity index (χ0n) is 15.4. The van der Waals surface area contributed by atoms with Crippen LogP contribution in [-0.2, 0) is 7.05 Å². The first-order chi connectivity index (χ1) is 13.6. The van der Waals surface area contributed by atoms with E-state index in [0.717, 1.165) is 16.0 Å². The molecule has 0 aliphatic carbocycles. The molecule has 2 N–H and O–H groups in total. The minimum atomic E-state index is -0.112. The number of benzene rings is 1. The number of nitrogens with zero attached hydrogens (tertiary/aromatic N) is 4. The highest BCUT2D eigenvalue weighted by Gasteiger charge is 2.12. The standard InChI is InChI=1S/C20H18N6OS/c1-26-10-7-13-11-16(24-17-12-21-8-9-22-17)25-19(18(13)20(26)27)23-14-3-5-15(28-2)6-4-14/h3-12H,1-2H3,(H2,22,23,24,25). The summed E-state index contributed by atoms with van der Waals surface area (Å²) in [6, 6.07) is 11.7. The first-order valence-corrected chi connectivity index (χ1v) is 9.81. The Hall–Kier alpha value is -3.39. The van der Waals surface area contributed by atoms with Crippen LogP contribution in [0.3, 0.4) is 0 Å². The number of thioether (sulfide) groups is 1. The monoisotopic (exact) mass is 390 g/mol. The van der Waals surface area contributed by atoms with Crippen molar-refractivity contribution < 1.29 is 0 Å². The average molecular weight is 390 g/mol. The minimum Gasteiger partial charge on any atom is -0.339 e. The van der Waals surface area contributed by atoms with Crippen LogP contribution in [0.5, 0.6) is 0 Å². The maximum absolute atomic E-state index is 12.7. The Morgan fingerprint density at radius 2 is 1.86 bits per heavy atom. The van der Waals surface area contributed by atoms with E-state index in [1.165, 1.54) is 0 Å². The second kappa shape index (κ2) is 7.69. The Balaban J connectivity index is 1.80. The van der Waals surface area contributed by atoms with Crippen molar-refractivity contribution in [2.24, 2.45) is 7.05 Å². The molecule has 0 bridgehead atoms. The lowest BCUT2D eigenvalue weighted by molar-refractivity contribution is 0.873. The molecule has 3 heterocycles. The van der Waals surface area contributed by atoms with Crippen molar-refractivity contribution in [2.75, 3.05) is 16.9 Å². The predicted molar refractivity (Wildman–Crippen MR) is 114 cm³/mol. The highest BCUT2D eigenvalue weighted by Crippen LogP contribution is 2.27. The molecule has 0 aliphatic rings. The Morgan fingerprint density at radius 3 is 2.57 bits per heavy atom. The maximum Gasteiger partial charge on any atom is 0.261 e. The Kier molecular flexibility index (Phi) is 4.94. The van der Waals surface area contributed by atoms with Crippen LogP contribution in [0.2, 0.25) is 0 Å². The number of hydrogen-bond donors (Lipinski definition) is 2.